The maximum atomic E-state index is 12.3. The quantitative estimate of drug-likeness (QED) is 0.779. The highest BCUT2D eigenvalue weighted by Gasteiger charge is 2.19. The van der Waals surface area contributed by atoms with Crippen molar-refractivity contribution in [1.29, 1.82) is 0 Å². The van der Waals surface area contributed by atoms with Crippen LogP contribution in [0.4, 0.5) is 5.69 Å². The van der Waals surface area contributed by atoms with Gasteiger partial charge >= 0.3 is 0 Å². The second-order valence-corrected chi connectivity index (χ2v) is 6.83. The molecule has 0 aliphatic heterocycles. The standard InChI is InChI=1S/C21H25ClN2O3/c1-14-11-15(2)21(18(22)12-14)24(16(3)25)10-9-20(26)23-13-17-7-5-6-8-19(17)27-4/h5-8,11-12H,9-10,13H2,1-4H3,(H,23,26). The minimum Gasteiger partial charge on any atom is -0.496 e. The van der Waals surface area contributed by atoms with E-state index < -0.39 is 0 Å². The van der Waals surface area contributed by atoms with Gasteiger partial charge in [0, 0.05) is 32.0 Å². The molecular weight excluding hydrogens is 364 g/mol. The Balaban J connectivity index is 2.02. The molecule has 0 radical (unpaired) electrons. The smallest absolute Gasteiger partial charge is 0.223 e. The van der Waals surface area contributed by atoms with Gasteiger partial charge in [0.2, 0.25) is 11.8 Å². The number of carbonyl (C=O) groups is 2. The lowest BCUT2D eigenvalue weighted by atomic mass is 10.1. The maximum absolute atomic E-state index is 12.3. The van der Waals surface area contributed by atoms with E-state index in [0.29, 0.717) is 17.3 Å². The molecule has 2 amide bonds. The molecule has 0 heterocycles. The molecule has 144 valence electrons. The zero-order valence-corrected chi connectivity index (χ0v) is 16.9. The summed E-state index contributed by atoms with van der Waals surface area (Å²) in [5.41, 5.74) is 3.49. The molecule has 0 aromatic heterocycles. The van der Waals surface area contributed by atoms with E-state index in [1.54, 1.807) is 12.0 Å². The van der Waals surface area contributed by atoms with Crippen LogP contribution in [-0.2, 0) is 16.1 Å². The second kappa shape index (κ2) is 9.42. The number of hydrogen-bond donors (Lipinski definition) is 1. The van der Waals surface area contributed by atoms with Crippen molar-refractivity contribution < 1.29 is 14.3 Å². The van der Waals surface area contributed by atoms with Crippen molar-refractivity contribution in [2.75, 3.05) is 18.6 Å². The number of rotatable bonds is 7. The SMILES string of the molecule is COc1ccccc1CNC(=O)CCN(C(C)=O)c1c(C)cc(C)cc1Cl. The molecule has 27 heavy (non-hydrogen) atoms. The highest BCUT2D eigenvalue weighted by Crippen LogP contribution is 2.31. The fraction of sp³-hybridized carbons (Fsp3) is 0.333. The molecule has 2 rings (SSSR count). The second-order valence-electron chi connectivity index (χ2n) is 6.42. The van der Waals surface area contributed by atoms with Crippen LogP contribution in [0.25, 0.3) is 0 Å². The first kappa shape index (κ1) is 20.8. The first-order valence-corrected chi connectivity index (χ1v) is 9.14. The van der Waals surface area contributed by atoms with Gasteiger partial charge < -0.3 is 15.0 Å². The normalized spacial score (nSPS) is 10.4. The van der Waals surface area contributed by atoms with Gasteiger partial charge in [-0.05, 0) is 37.1 Å². The van der Waals surface area contributed by atoms with Crippen molar-refractivity contribution in [1.82, 2.24) is 5.32 Å². The summed E-state index contributed by atoms with van der Waals surface area (Å²) in [6.45, 7) is 5.96. The molecule has 0 aliphatic carbocycles. The molecule has 0 saturated heterocycles. The molecule has 0 bridgehead atoms. The van der Waals surface area contributed by atoms with Gasteiger partial charge in [0.1, 0.15) is 5.75 Å². The lowest BCUT2D eigenvalue weighted by Crippen LogP contribution is -2.34. The first-order valence-electron chi connectivity index (χ1n) is 8.77. The fourth-order valence-electron chi connectivity index (χ4n) is 3.02. The van der Waals surface area contributed by atoms with Gasteiger partial charge in [0.05, 0.1) is 17.8 Å². The molecule has 2 aromatic rings. The Morgan fingerprint density at radius 3 is 2.52 bits per heavy atom. The van der Waals surface area contributed by atoms with Crippen molar-refractivity contribution >= 4 is 29.1 Å². The van der Waals surface area contributed by atoms with Crippen LogP contribution in [0, 0.1) is 13.8 Å². The number of benzene rings is 2. The van der Waals surface area contributed by atoms with Gasteiger partial charge in [-0.3, -0.25) is 9.59 Å². The van der Waals surface area contributed by atoms with Gasteiger partial charge in [-0.15, -0.1) is 0 Å². The van der Waals surface area contributed by atoms with Crippen LogP contribution in [0.5, 0.6) is 5.75 Å². The summed E-state index contributed by atoms with van der Waals surface area (Å²) < 4.78 is 5.28. The van der Waals surface area contributed by atoms with E-state index >= 15 is 0 Å². The van der Waals surface area contributed by atoms with Crippen molar-refractivity contribution in [3.8, 4) is 5.75 Å². The topological polar surface area (TPSA) is 58.6 Å². The number of aryl methyl sites for hydroxylation is 2. The third kappa shape index (κ3) is 5.47. The van der Waals surface area contributed by atoms with Gasteiger partial charge in [0.15, 0.2) is 0 Å². The third-order valence-electron chi connectivity index (χ3n) is 4.28. The molecule has 6 heteroatoms. The third-order valence-corrected chi connectivity index (χ3v) is 4.57. The molecule has 0 saturated carbocycles. The van der Waals surface area contributed by atoms with Crippen LogP contribution in [0.3, 0.4) is 0 Å². The molecule has 2 aromatic carbocycles. The number of carbonyl (C=O) groups excluding carboxylic acids is 2. The van der Waals surface area contributed by atoms with E-state index in [1.807, 2.05) is 50.2 Å². The van der Waals surface area contributed by atoms with Crippen LogP contribution >= 0.6 is 11.6 Å². The highest BCUT2D eigenvalue weighted by atomic mass is 35.5. The molecule has 0 unspecified atom stereocenters. The number of halogens is 1. The van der Waals surface area contributed by atoms with Crippen molar-refractivity contribution in [3.05, 3.63) is 58.1 Å². The molecule has 5 nitrogen and oxygen atoms in total. The van der Waals surface area contributed by atoms with Crippen LogP contribution < -0.4 is 15.0 Å². The lowest BCUT2D eigenvalue weighted by Gasteiger charge is -2.24. The van der Waals surface area contributed by atoms with Gasteiger partial charge in [-0.25, -0.2) is 0 Å². The van der Waals surface area contributed by atoms with Gasteiger partial charge in [-0.1, -0.05) is 35.9 Å². The maximum Gasteiger partial charge on any atom is 0.223 e. The molecule has 0 spiro atoms. The fourth-order valence-corrected chi connectivity index (χ4v) is 3.44. The number of anilines is 1. The summed E-state index contributed by atoms with van der Waals surface area (Å²) in [6.07, 6.45) is 0.179. The summed E-state index contributed by atoms with van der Waals surface area (Å²) in [7, 11) is 1.60. The van der Waals surface area contributed by atoms with E-state index in [1.165, 1.54) is 6.92 Å². The zero-order chi connectivity index (χ0) is 20.0. The number of amides is 2. The summed E-state index contributed by atoms with van der Waals surface area (Å²) in [5.74, 6) is 0.430. The van der Waals surface area contributed by atoms with E-state index in [4.69, 9.17) is 16.3 Å². The van der Waals surface area contributed by atoms with Crippen LogP contribution in [0.1, 0.15) is 30.0 Å². The Morgan fingerprint density at radius 1 is 1.19 bits per heavy atom. The predicted octanol–water partition coefficient (Wildman–Crippen LogP) is 4.02. The monoisotopic (exact) mass is 388 g/mol. The summed E-state index contributed by atoms with van der Waals surface area (Å²) >= 11 is 6.36. The predicted molar refractivity (Wildman–Crippen MR) is 108 cm³/mol. The largest absolute Gasteiger partial charge is 0.496 e. The Hall–Kier alpha value is -2.53. The van der Waals surface area contributed by atoms with E-state index in [-0.39, 0.29) is 24.8 Å². The Bertz CT molecular complexity index is 813. The Labute approximate surface area is 165 Å². The minimum atomic E-state index is -0.151. The van der Waals surface area contributed by atoms with Crippen LogP contribution in [-0.4, -0.2) is 25.5 Å². The van der Waals surface area contributed by atoms with Crippen molar-refractivity contribution in [3.63, 3.8) is 0 Å². The average Bonchev–Trinajstić information content (AvgIpc) is 2.61. The summed E-state index contributed by atoms with van der Waals surface area (Å²) in [6, 6.07) is 11.3. The summed E-state index contributed by atoms with van der Waals surface area (Å²) in [5, 5.41) is 3.38. The van der Waals surface area contributed by atoms with Gasteiger partial charge in [-0.2, -0.15) is 0 Å². The van der Waals surface area contributed by atoms with Crippen LogP contribution in [0.15, 0.2) is 36.4 Å². The van der Waals surface area contributed by atoms with E-state index in [0.717, 1.165) is 22.4 Å². The molecular formula is C21H25ClN2O3. The van der Waals surface area contributed by atoms with E-state index in [2.05, 4.69) is 5.32 Å². The molecule has 0 aliphatic rings. The number of methoxy groups -OCH3 is 1. The number of para-hydroxylation sites is 1. The number of nitrogens with one attached hydrogen (secondary N) is 1. The number of hydrogen-bond acceptors (Lipinski definition) is 3. The lowest BCUT2D eigenvalue weighted by molar-refractivity contribution is -0.121. The summed E-state index contributed by atoms with van der Waals surface area (Å²) in [4.78, 5) is 26.0. The van der Waals surface area contributed by atoms with Crippen molar-refractivity contribution in [2.45, 2.75) is 33.7 Å². The average molecular weight is 389 g/mol. The number of ether oxygens (including phenoxy) is 1. The zero-order valence-electron chi connectivity index (χ0n) is 16.1. The molecule has 0 atom stereocenters. The van der Waals surface area contributed by atoms with Crippen LogP contribution in [0.2, 0.25) is 5.02 Å². The number of nitrogens with zero attached hydrogens (tertiary/aromatic N) is 1. The Morgan fingerprint density at radius 2 is 1.89 bits per heavy atom. The molecule has 0 fully saturated rings. The Kier molecular flexibility index (Phi) is 7.25. The minimum absolute atomic E-state index is 0.145. The first-order chi connectivity index (χ1) is 12.8. The van der Waals surface area contributed by atoms with E-state index in [9.17, 15) is 9.59 Å². The van der Waals surface area contributed by atoms with Gasteiger partial charge in [0.25, 0.3) is 0 Å². The molecule has 1 N–H and O–H groups in total. The highest BCUT2D eigenvalue weighted by molar-refractivity contribution is 6.34. The van der Waals surface area contributed by atoms with Crippen molar-refractivity contribution in [2.24, 2.45) is 0 Å².